The van der Waals surface area contributed by atoms with E-state index in [1.165, 1.54) is 32.2 Å². The smallest absolute Gasteiger partial charge is 0.243 e. The molecule has 158 valence electrons. The number of amides is 1. The minimum atomic E-state index is -3.80. The number of halogens is 2. The molecule has 2 aromatic rings. The second kappa shape index (κ2) is 10.0. The van der Waals surface area contributed by atoms with Crippen LogP contribution in [0.1, 0.15) is 6.92 Å². The van der Waals surface area contributed by atoms with E-state index >= 15 is 0 Å². The predicted molar refractivity (Wildman–Crippen MR) is 115 cm³/mol. The number of benzene rings is 2. The number of hydrogen-bond donors (Lipinski definition) is 1. The normalized spacial score (nSPS) is 12.2. The van der Waals surface area contributed by atoms with Crippen LogP contribution in [0.5, 0.6) is 11.5 Å². The average Bonchev–Trinajstić information content (AvgIpc) is 2.67. The summed E-state index contributed by atoms with van der Waals surface area (Å²) in [7, 11) is -2.27. The van der Waals surface area contributed by atoms with Crippen molar-refractivity contribution in [3.63, 3.8) is 0 Å². The molecule has 1 amide bonds. The van der Waals surface area contributed by atoms with Crippen molar-refractivity contribution >= 4 is 44.8 Å². The van der Waals surface area contributed by atoms with E-state index in [0.29, 0.717) is 16.5 Å². The van der Waals surface area contributed by atoms with Crippen LogP contribution in [0.3, 0.4) is 0 Å². The second-order valence-corrected chi connectivity index (χ2v) is 8.82. The lowest BCUT2D eigenvalue weighted by Gasteiger charge is -2.29. The lowest BCUT2D eigenvalue weighted by Crippen LogP contribution is -2.48. The fraction of sp³-hybridized carbons (Fsp3) is 0.316. The Morgan fingerprint density at radius 3 is 2.45 bits per heavy atom. The van der Waals surface area contributed by atoms with Gasteiger partial charge in [-0.1, -0.05) is 35.3 Å². The number of rotatable bonds is 9. The number of methoxy groups -OCH3 is 1. The zero-order chi connectivity index (χ0) is 21.6. The van der Waals surface area contributed by atoms with Crippen LogP contribution in [0.25, 0.3) is 0 Å². The zero-order valence-corrected chi connectivity index (χ0v) is 18.5. The highest BCUT2D eigenvalue weighted by atomic mass is 35.5. The number of anilines is 1. The Morgan fingerprint density at radius 1 is 1.17 bits per heavy atom. The minimum absolute atomic E-state index is 0.134. The van der Waals surface area contributed by atoms with E-state index in [9.17, 15) is 13.2 Å². The van der Waals surface area contributed by atoms with Gasteiger partial charge in [-0.25, -0.2) is 8.42 Å². The molecule has 0 heterocycles. The molecule has 1 atom stereocenters. The predicted octanol–water partition coefficient (Wildman–Crippen LogP) is 3.35. The summed E-state index contributed by atoms with van der Waals surface area (Å²) in [5.74, 6) is 0.613. The number of carbonyl (C=O) groups is 1. The van der Waals surface area contributed by atoms with Gasteiger partial charge in [0.05, 0.1) is 30.6 Å². The number of nitrogens with one attached hydrogen (secondary N) is 1. The van der Waals surface area contributed by atoms with Gasteiger partial charge < -0.3 is 14.8 Å². The number of sulfonamides is 1. The first-order valence-electron chi connectivity index (χ1n) is 8.63. The highest BCUT2D eigenvalue weighted by Crippen LogP contribution is 2.32. The molecule has 0 aliphatic rings. The highest BCUT2D eigenvalue weighted by Gasteiger charge is 2.30. The largest absolute Gasteiger partial charge is 0.493 e. The maximum atomic E-state index is 12.6. The van der Waals surface area contributed by atoms with Crippen molar-refractivity contribution in [3.05, 3.63) is 52.5 Å². The van der Waals surface area contributed by atoms with Crippen molar-refractivity contribution in [1.82, 2.24) is 5.32 Å². The third-order valence-electron chi connectivity index (χ3n) is 3.96. The molecule has 2 rings (SSSR count). The van der Waals surface area contributed by atoms with Gasteiger partial charge in [-0.05, 0) is 37.3 Å². The topological polar surface area (TPSA) is 84.9 Å². The number of ether oxygens (including phenoxy) is 2. The van der Waals surface area contributed by atoms with E-state index in [1.807, 2.05) is 6.07 Å². The number of hydrogen-bond acceptors (Lipinski definition) is 5. The molecule has 1 N–H and O–H groups in total. The number of carbonyl (C=O) groups excluding carboxylic acids is 1. The Bertz CT molecular complexity index is 969. The van der Waals surface area contributed by atoms with Gasteiger partial charge in [0.15, 0.2) is 11.5 Å². The van der Waals surface area contributed by atoms with Gasteiger partial charge in [0.2, 0.25) is 15.9 Å². The van der Waals surface area contributed by atoms with Crippen molar-refractivity contribution in [2.45, 2.75) is 13.0 Å². The van der Waals surface area contributed by atoms with E-state index in [-0.39, 0.29) is 23.9 Å². The molecule has 2 aromatic carbocycles. The average molecular weight is 461 g/mol. The quantitative estimate of drug-likeness (QED) is 0.579. The van der Waals surface area contributed by atoms with Crippen LogP contribution in [0, 0.1) is 0 Å². The van der Waals surface area contributed by atoms with E-state index < -0.39 is 22.0 Å². The van der Waals surface area contributed by atoms with Crippen LogP contribution < -0.4 is 19.1 Å². The molecule has 10 heteroatoms. The molecule has 1 unspecified atom stereocenters. The maximum absolute atomic E-state index is 12.6. The van der Waals surface area contributed by atoms with Gasteiger partial charge in [0, 0.05) is 5.02 Å². The van der Waals surface area contributed by atoms with Crippen molar-refractivity contribution in [2.75, 3.05) is 30.8 Å². The number of nitrogens with zero attached hydrogens (tertiary/aromatic N) is 1. The van der Waals surface area contributed by atoms with E-state index in [0.717, 1.165) is 10.6 Å². The van der Waals surface area contributed by atoms with Gasteiger partial charge in [0.25, 0.3) is 0 Å². The first kappa shape index (κ1) is 23.1. The van der Waals surface area contributed by atoms with Crippen molar-refractivity contribution in [1.29, 1.82) is 0 Å². The Labute approximate surface area is 180 Å². The molecule has 0 radical (unpaired) electrons. The highest BCUT2D eigenvalue weighted by molar-refractivity contribution is 7.92. The van der Waals surface area contributed by atoms with E-state index in [4.69, 9.17) is 32.7 Å². The van der Waals surface area contributed by atoms with Gasteiger partial charge >= 0.3 is 0 Å². The summed E-state index contributed by atoms with van der Waals surface area (Å²) in [5.41, 5.74) is 0.134. The molecule has 0 aromatic heterocycles. The zero-order valence-electron chi connectivity index (χ0n) is 16.2. The van der Waals surface area contributed by atoms with Crippen LogP contribution in [-0.4, -0.2) is 46.9 Å². The van der Waals surface area contributed by atoms with Crippen LogP contribution in [0.15, 0.2) is 42.5 Å². The summed E-state index contributed by atoms with van der Waals surface area (Å²) in [5, 5.41) is 3.13. The molecule has 0 aliphatic heterocycles. The van der Waals surface area contributed by atoms with Crippen LogP contribution in [-0.2, 0) is 14.8 Å². The van der Waals surface area contributed by atoms with Gasteiger partial charge in [-0.3, -0.25) is 9.10 Å². The van der Waals surface area contributed by atoms with E-state index in [2.05, 4.69) is 5.32 Å². The molecule has 7 nitrogen and oxygen atoms in total. The van der Waals surface area contributed by atoms with E-state index in [1.54, 1.807) is 18.2 Å². The Hall–Kier alpha value is -2.16. The third-order valence-corrected chi connectivity index (χ3v) is 5.74. The summed E-state index contributed by atoms with van der Waals surface area (Å²) in [6, 6.07) is 10.5. The molecular weight excluding hydrogens is 439 g/mol. The van der Waals surface area contributed by atoms with Gasteiger partial charge in [-0.2, -0.15) is 0 Å². The SMILES string of the molecule is COc1ccccc1OCCNC(=O)C(C)N(c1cc(Cl)ccc1Cl)S(C)(=O)=O. The fourth-order valence-electron chi connectivity index (χ4n) is 2.66. The molecule has 0 fully saturated rings. The second-order valence-electron chi connectivity index (χ2n) is 6.12. The van der Waals surface area contributed by atoms with Crippen LogP contribution >= 0.6 is 23.2 Å². The van der Waals surface area contributed by atoms with Crippen LogP contribution in [0.2, 0.25) is 10.0 Å². The maximum Gasteiger partial charge on any atom is 0.243 e. The number of para-hydroxylation sites is 2. The summed E-state index contributed by atoms with van der Waals surface area (Å²) < 4.78 is 36.4. The first-order chi connectivity index (χ1) is 13.6. The van der Waals surface area contributed by atoms with Gasteiger partial charge in [0.1, 0.15) is 12.6 Å². The summed E-state index contributed by atoms with van der Waals surface area (Å²) in [6.07, 6.45) is 0.999. The standard InChI is InChI=1S/C19H22Cl2N2O5S/c1-13(23(29(3,25)26)16-12-14(20)8-9-15(16)21)19(24)22-10-11-28-18-7-5-4-6-17(18)27-2/h4-9,12-13H,10-11H2,1-3H3,(H,22,24). The van der Waals surface area contributed by atoms with Gasteiger partial charge in [-0.15, -0.1) is 0 Å². The molecule has 0 bridgehead atoms. The van der Waals surface area contributed by atoms with Crippen molar-refractivity contribution in [3.8, 4) is 11.5 Å². The lowest BCUT2D eigenvalue weighted by atomic mass is 10.2. The molecule has 0 saturated heterocycles. The molecule has 0 aliphatic carbocycles. The first-order valence-corrected chi connectivity index (χ1v) is 11.2. The summed E-state index contributed by atoms with van der Waals surface area (Å²) in [6.45, 7) is 1.81. The van der Waals surface area contributed by atoms with Crippen LogP contribution in [0.4, 0.5) is 5.69 Å². The molecular formula is C19H22Cl2N2O5S. The Morgan fingerprint density at radius 2 is 1.83 bits per heavy atom. The minimum Gasteiger partial charge on any atom is -0.493 e. The Balaban J connectivity index is 2.05. The molecule has 0 spiro atoms. The van der Waals surface area contributed by atoms with Crippen molar-refractivity contribution in [2.24, 2.45) is 0 Å². The van der Waals surface area contributed by atoms with Crippen molar-refractivity contribution < 1.29 is 22.7 Å². The lowest BCUT2D eigenvalue weighted by molar-refractivity contribution is -0.121. The molecule has 29 heavy (non-hydrogen) atoms. The Kier molecular flexibility index (Phi) is 8.01. The monoisotopic (exact) mass is 460 g/mol. The summed E-state index contributed by atoms with van der Waals surface area (Å²) in [4.78, 5) is 12.6. The molecule has 0 saturated carbocycles. The fourth-order valence-corrected chi connectivity index (χ4v) is 4.26. The third kappa shape index (κ3) is 6.16. The summed E-state index contributed by atoms with van der Waals surface area (Å²) >= 11 is 12.1.